The second-order valence-corrected chi connectivity index (χ2v) is 29.4. The maximum atomic E-state index is 10.0. The van der Waals surface area contributed by atoms with Crippen molar-refractivity contribution in [1.29, 1.82) is 0 Å². The standard InChI is InChI=1S/C20H50O5Si4/c1-26(2,3)24-28(7,8)16-12-11-14-22-18-20(21)19-23-15-13-17-29(9,10)25-27(4,5)6/h20-21H,11-19H2,1-10H3. The summed E-state index contributed by atoms with van der Waals surface area (Å²) in [6, 6.07) is 2.28. The third-order valence-corrected chi connectivity index (χ3v) is 16.6. The quantitative estimate of drug-likeness (QED) is 0.214. The highest BCUT2D eigenvalue weighted by Gasteiger charge is 2.29. The third kappa shape index (κ3) is 20.3. The molecule has 0 radical (unpaired) electrons. The van der Waals surface area contributed by atoms with Crippen LogP contribution in [0.15, 0.2) is 0 Å². The highest BCUT2D eigenvalue weighted by Crippen LogP contribution is 2.21. The molecule has 0 aromatic heterocycles. The van der Waals surface area contributed by atoms with Gasteiger partial charge in [0, 0.05) is 13.2 Å². The molecule has 0 fully saturated rings. The van der Waals surface area contributed by atoms with Gasteiger partial charge in [0.1, 0.15) is 6.10 Å². The lowest BCUT2D eigenvalue weighted by molar-refractivity contribution is -0.0192. The first kappa shape index (κ1) is 29.7. The Bertz CT molecular complexity index is 434. The molecule has 0 saturated heterocycles. The van der Waals surface area contributed by atoms with Gasteiger partial charge in [-0.2, -0.15) is 0 Å². The summed E-state index contributed by atoms with van der Waals surface area (Å²) in [5.74, 6) is 0. The minimum atomic E-state index is -1.59. The van der Waals surface area contributed by atoms with Crippen molar-refractivity contribution in [2.45, 2.75) is 103 Å². The Morgan fingerprint density at radius 3 is 1.38 bits per heavy atom. The summed E-state index contributed by atoms with van der Waals surface area (Å²) >= 11 is 0. The molecule has 0 aromatic rings. The minimum absolute atomic E-state index is 0.348. The number of rotatable bonds is 17. The van der Waals surface area contributed by atoms with E-state index in [0.717, 1.165) is 25.3 Å². The van der Waals surface area contributed by atoms with Gasteiger partial charge >= 0.3 is 0 Å². The number of unbranched alkanes of at least 4 members (excludes halogenated alkanes) is 1. The molecule has 0 spiro atoms. The molecule has 176 valence electrons. The zero-order valence-electron chi connectivity index (χ0n) is 21.0. The lowest BCUT2D eigenvalue weighted by atomic mass is 10.3. The smallest absolute Gasteiger partial charge is 0.173 e. The van der Waals surface area contributed by atoms with Gasteiger partial charge in [0.2, 0.25) is 0 Å². The second-order valence-electron chi connectivity index (χ2n) is 11.3. The Kier molecular flexibility index (Phi) is 13.6. The van der Waals surface area contributed by atoms with Gasteiger partial charge in [0.25, 0.3) is 0 Å². The Hall–Kier alpha value is 0.668. The van der Waals surface area contributed by atoms with Crippen molar-refractivity contribution in [2.24, 2.45) is 0 Å². The molecule has 0 aliphatic rings. The molecule has 9 heteroatoms. The van der Waals surface area contributed by atoms with Gasteiger partial charge in [0.05, 0.1) is 13.2 Å². The maximum Gasteiger partial charge on any atom is 0.173 e. The number of aliphatic hydroxyl groups excluding tert-OH is 1. The summed E-state index contributed by atoms with van der Waals surface area (Å²) < 4.78 is 23.9. The lowest BCUT2D eigenvalue weighted by Gasteiger charge is -2.31. The van der Waals surface area contributed by atoms with Crippen molar-refractivity contribution in [3.63, 3.8) is 0 Å². The molecule has 29 heavy (non-hydrogen) atoms. The fourth-order valence-corrected chi connectivity index (χ4v) is 19.8. The minimum Gasteiger partial charge on any atom is -0.456 e. The Morgan fingerprint density at radius 2 is 0.966 bits per heavy atom. The molecule has 0 aliphatic carbocycles. The fraction of sp³-hybridized carbons (Fsp3) is 1.00. The maximum absolute atomic E-state index is 10.0. The van der Waals surface area contributed by atoms with Gasteiger partial charge in [-0.25, -0.2) is 0 Å². The normalized spacial score (nSPS) is 15.0. The van der Waals surface area contributed by atoms with E-state index in [1.807, 2.05) is 0 Å². The predicted octanol–water partition coefficient (Wildman–Crippen LogP) is 5.66. The van der Waals surface area contributed by atoms with Crippen LogP contribution in [-0.2, 0) is 17.7 Å². The van der Waals surface area contributed by atoms with Crippen molar-refractivity contribution >= 4 is 33.3 Å². The molecule has 0 rings (SSSR count). The molecule has 0 saturated carbocycles. The second kappa shape index (κ2) is 13.3. The SMILES string of the molecule is C[Si](C)(C)O[Si](C)(C)CCCCOCC(O)COCCC[Si](C)(C)O[Si](C)(C)C. The first-order valence-electron chi connectivity index (χ1n) is 11.3. The van der Waals surface area contributed by atoms with Gasteiger partial charge in [0.15, 0.2) is 33.3 Å². The molecule has 0 heterocycles. The van der Waals surface area contributed by atoms with Gasteiger partial charge < -0.3 is 22.8 Å². The summed E-state index contributed by atoms with van der Waals surface area (Å²) in [4.78, 5) is 0. The first-order valence-corrected chi connectivity index (χ1v) is 24.3. The van der Waals surface area contributed by atoms with Crippen LogP contribution in [0.2, 0.25) is 77.6 Å². The van der Waals surface area contributed by atoms with E-state index in [9.17, 15) is 5.11 Å². The highest BCUT2D eigenvalue weighted by atomic mass is 28.4. The van der Waals surface area contributed by atoms with E-state index in [0.29, 0.717) is 26.4 Å². The monoisotopic (exact) mass is 482 g/mol. The van der Waals surface area contributed by atoms with Crippen LogP contribution in [0.3, 0.4) is 0 Å². The molecule has 0 bridgehead atoms. The van der Waals surface area contributed by atoms with Gasteiger partial charge in [-0.3, -0.25) is 0 Å². The lowest BCUT2D eigenvalue weighted by Crippen LogP contribution is -2.42. The summed E-state index contributed by atoms with van der Waals surface area (Å²) in [5.41, 5.74) is 0. The van der Waals surface area contributed by atoms with Crippen molar-refractivity contribution < 1.29 is 22.8 Å². The summed E-state index contributed by atoms with van der Waals surface area (Å²) in [7, 11) is -6.03. The van der Waals surface area contributed by atoms with Crippen molar-refractivity contribution in [2.75, 3.05) is 26.4 Å². The molecule has 5 nitrogen and oxygen atoms in total. The molecular formula is C20H50O5Si4. The number of ether oxygens (including phenoxy) is 2. The van der Waals surface area contributed by atoms with Crippen LogP contribution in [0.4, 0.5) is 0 Å². The van der Waals surface area contributed by atoms with E-state index in [-0.39, 0.29) is 0 Å². The van der Waals surface area contributed by atoms with Crippen molar-refractivity contribution in [3.05, 3.63) is 0 Å². The summed E-state index contributed by atoms with van der Waals surface area (Å²) in [5, 5.41) is 10.0. The summed E-state index contributed by atoms with van der Waals surface area (Å²) in [6.45, 7) is 24.8. The summed E-state index contributed by atoms with van der Waals surface area (Å²) in [6.07, 6.45) is 2.61. The van der Waals surface area contributed by atoms with E-state index >= 15 is 0 Å². The van der Waals surface area contributed by atoms with E-state index in [1.54, 1.807) is 0 Å². The zero-order valence-corrected chi connectivity index (χ0v) is 25.0. The van der Waals surface area contributed by atoms with Crippen LogP contribution in [0, 0.1) is 0 Å². The average molecular weight is 483 g/mol. The molecule has 1 atom stereocenters. The number of aliphatic hydroxyl groups is 1. The van der Waals surface area contributed by atoms with Crippen LogP contribution in [0.5, 0.6) is 0 Å². The zero-order chi connectivity index (χ0) is 22.8. The topological polar surface area (TPSA) is 57.2 Å². The van der Waals surface area contributed by atoms with E-state index < -0.39 is 39.4 Å². The molecule has 1 unspecified atom stereocenters. The average Bonchev–Trinajstić information content (AvgIpc) is 2.45. The van der Waals surface area contributed by atoms with Gasteiger partial charge in [-0.05, 0) is 90.4 Å². The molecular weight excluding hydrogens is 433 g/mol. The van der Waals surface area contributed by atoms with Crippen molar-refractivity contribution in [1.82, 2.24) is 0 Å². The number of hydrogen-bond acceptors (Lipinski definition) is 5. The van der Waals surface area contributed by atoms with Crippen LogP contribution in [0.1, 0.15) is 19.3 Å². The van der Waals surface area contributed by atoms with E-state index in [4.69, 9.17) is 17.7 Å². The van der Waals surface area contributed by atoms with Crippen molar-refractivity contribution in [3.8, 4) is 0 Å². The van der Waals surface area contributed by atoms with Crippen LogP contribution >= 0.6 is 0 Å². The molecule has 0 amide bonds. The Balaban J connectivity index is 3.70. The van der Waals surface area contributed by atoms with Crippen LogP contribution in [-0.4, -0.2) is 70.9 Å². The predicted molar refractivity (Wildman–Crippen MR) is 135 cm³/mol. The number of hydrogen-bond donors (Lipinski definition) is 1. The fourth-order valence-electron chi connectivity index (χ4n) is 3.60. The van der Waals surface area contributed by atoms with E-state index in [1.165, 1.54) is 6.04 Å². The molecule has 0 aliphatic heterocycles. The molecule has 1 N–H and O–H groups in total. The largest absolute Gasteiger partial charge is 0.456 e. The Morgan fingerprint density at radius 1 is 0.586 bits per heavy atom. The van der Waals surface area contributed by atoms with Gasteiger partial charge in [-0.1, -0.05) is 6.42 Å². The Labute approximate surface area is 185 Å². The van der Waals surface area contributed by atoms with Gasteiger partial charge in [-0.15, -0.1) is 0 Å². The highest BCUT2D eigenvalue weighted by molar-refractivity contribution is 6.84. The third-order valence-electron chi connectivity index (χ3n) is 4.17. The van der Waals surface area contributed by atoms with Crippen LogP contribution in [0.25, 0.3) is 0 Å². The first-order chi connectivity index (χ1) is 13.0. The van der Waals surface area contributed by atoms with E-state index in [2.05, 4.69) is 65.5 Å². The molecule has 0 aromatic carbocycles. The van der Waals surface area contributed by atoms with Crippen LogP contribution < -0.4 is 0 Å².